The van der Waals surface area contributed by atoms with Crippen LogP contribution in [0.5, 0.6) is 0 Å². The van der Waals surface area contributed by atoms with Gasteiger partial charge in [0.05, 0.1) is 16.5 Å². The van der Waals surface area contributed by atoms with Gasteiger partial charge in [0, 0.05) is 32.2 Å². The van der Waals surface area contributed by atoms with Gasteiger partial charge < -0.3 is 10.2 Å². The number of anilines is 2. The standard InChI is InChI=1S/C26H27N3O4S/c1-28(23-12-6-3-7-13-23)34(32,33)24-14-8-11-22(18-24)27-26(31)21-17-25(30)29(19-21)16-15-20-9-4-2-5-10-20/h2-14,18,21H,15-17,19H2,1H3,(H,27,31). The fourth-order valence-electron chi connectivity index (χ4n) is 3.99. The molecule has 3 aromatic rings. The summed E-state index contributed by atoms with van der Waals surface area (Å²) in [5.41, 5.74) is 2.06. The molecule has 0 aromatic heterocycles. The van der Waals surface area contributed by atoms with E-state index in [0.717, 1.165) is 12.0 Å². The van der Waals surface area contributed by atoms with Crippen molar-refractivity contribution < 1.29 is 18.0 Å². The third-order valence-corrected chi connectivity index (χ3v) is 7.76. The first-order valence-corrected chi connectivity index (χ1v) is 12.6. The number of carbonyl (C=O) groups is 2. The zero-order valence-corrected chi connectivity index (χ0v) is 19.7. The maximum absolute atomic E-state index is 13.1. The number of carbonyl (C=O) groups excluding carboxylic acids is 2. The van der Waals surface area contributed by atoms with Crippen LogP contribution in [0.3, 0.4) is 0 Å². The molecule has 1 fully saturated rings. The highest BCUT2D eigenvalue weighted by Gasteiger charge is 2.34. The topological polar surface area (TPSA) is 86.8 Å². The van der Waals surface area contributed by atoms with Crippen molar-refractivity contribution in [1.29, 1.82) is 0 Å². The minimum Gasteiger partial charge on any atom is -0.342 e. The molecular weight excluding hydrogens is 450 g/mol. The number of hydrogen-bond donors (Lipinski definition) is 1. The zero-order valence-electron chi connectivity index (χ0n) is 18.9. The van der Waals surface area contributed by atoms with E-state index in [4.69, 9.17) is 0 Å². The second kappa shape index (κ2) is 10.1. The quantitative estimate of drug-likeness (QED) is 0.538. The van der Waals surface area contributed by atoms with Crippen LogP contribution in [0, 0.1) is 5.92 Å². The molecule has 0 radical (unpaired) electrons. The lowest BCUT2D eigenvalue weighted by molar-refractivity contribution is -0.128. The predicted molar refractivity (Wildman–Crippen MR) is 132 cm³/mol. The van der Waals surface area contributed by atoms with Gasteiger partial charge in [0.2, 0.25) is 11.8 Å². The number of likely N-dealkylation sites (tertiary alicyclic amines) is 1. The number of rotatable bonds is 8. The van der Waals surface area contributed by atoms with Crippen LogP contribution in [0.4, 0.5) is 11.4 Å². The molecular formula is C26H27N3O4S. The van der Waals surface area contributed by atoms with Crippen molar-refractivity contribution in [2.75, 3.05) is 29.8 Å². The largest absolute Gasteiger partial charge is 0.342 e. The summed E-state index contributed by atoms with van der Waals surface area (Å²) in [6.07, 6.45) is 0.880. The summed E-state index contributed by atoms with van der Waals surface area (Å²) in [6.45, 7) is 0.915. The van der Waals surface area contributed by atoms with Crippen molar-refractivity contribution in [3.05, 3.63) is 90.5 Å². The van der Waals surface area contributed by atoms with Crippen molar-refractivity contribution in [3.8, 4) is 0 Å². The van der Waals surface area contributed by atoms with Crippen LogP contribution in [0.25, 0.3) is 0 Å². The minimum absolute atomic E-state index is 0.0445. The molecule has 1 saturated heterocycles. The Balaban J connectivity index is 1.40. The highest BCUT2D eigenvalue weighted by Crippen LogP contribution is 2.25. The number of nitrogens with one attached hydrogen (secondary N) is 1. The molecule has 1 N–H and O–H groups in total. The average Bonchev–Trinajstić information content (AvgIpc) is 3.24. The molecule has 4 rings (SSSR count). The number of sulfonamides is 1. The summed E-state index contributed by atoms with van der Waals surface area (Å²) in [5, 5.41) is 2.79. The molecule has 1 atom stereocenters. The normalized spacial score (nSPS) is 15.9. The number of benzene rings is 3. The van der Waals surface area contributed by atoms with Gasteiger partial charge in [-0.15, -0.1) is 0 Å². The van der Waals surface area contributed by atoms with Crippen LogP contribution in [-0.2, 0) is 26.0 Å². The molecule has 3 aromatic carbocycles. The van der Waals surface area contributed by atoms with E-state index >= 15 is 0 Å². The van der Waals surface area contributed by atoms with Crippen molar-refractivity contribution in [2.24, 2.45) is 5.92 Å². The molecule has 0 spiro atoms. The van der Waals surface area contributed by atoms with E-state index in [0.29, 0.717) is 24.5 Å². The minimum atomic E-state index is -3.80. The Morgan fingerprint density at radius 3 is 2.38 bits per heavy atom. The highest BCUT2D eigenvalue weighted by atomic mass is 32.2. The lowest BCUT2D eigenvalue weighted by atomic mass is 10.1. The molecule has 0 bridgehead atoms. The van der Waals surface area contributed by atoms with Crippen LogP contribution in [0.15, 0.2) is 89.8 Å². The van der Waals surface area contributed by atoms with Gasteiger partial charge in [-0.2, -0.15) is 0 Å². The summed E-state index contributed by atoms with van der Waals surface area (Å²) < 4.78 is 27.3. The van der Waals surface area contributed by atoms with E-state index in [1.165, 1.54) is 23.5 Å². The van der Waals surface area contributed by atoms with Crippen molar-refractivity contribution in [1.82, 2.24) is 4.90 Å². The lowest BCUT2D eigenvalue weighted by Gasteiger charge is -2.20. The Morgan fingerprint density at radius 2 is 1.68 bits per heavy atom. The fraction of sp³-hybridized carbons (Fsp3) is 0.231. The molecule has 1 aliphatic rings. The van der Waals surface area contributed by atoms with Gasteiger partial charge in [-0.3, -0.25) is 13.9 Å². The summed E-state index contributed by atoms with van der Waals surface area (Å²) >= 11 is 0. The fourth-order valence-corrected chi connectivity index (χ4v) is 5.23. The first-order valence-electron chi connectivity index (χ1n) is 11.1. The number of amides is 2. The van der Waals surface area contributed by atoms with E-state index < -0.39 is 15.9 Å². The molecule has 8 heteroatoms. The number of nitrogens with zero attached hydrogens (tertiary/aromatic N) is 2. The molecule has 34 heavy (non-hydrogen) atoms. The first-order chi connectivity index (χ1) is 16.3. The van der Waals surface area contributed by atoms with Crippen molar-refractivity contribution in [2.45, 2.75) is 17.7 Å². The van der Waals surface area contributed by atoms with Gasteiger partial charge in [0.1, 0.15) is 0 Å². The average molecular weight is 478 g/mol. The van der Waals surface area contributed by atoms with E-state index in [9.17, 15) is 18.0 Å². The molecule has 1 aliphatic heterocycles. The summed E-state index contributed by atoms with van der Waals surface area (Å²) in [4.78, 5) is 27.1. The molecule has 2 amide bonds. The Kier molecular flexibility index (Phi) is 6.98. The third kappa shape index (κ3) is 5.28. The molecule has 1 heterocycles. The second-order valence-electron chi connectivity index (χ2n) is 8.30. The summed E-state index contributed by atoms with van der Waals surface area (Å²) in [6, 6.07) is 24.8. The highest BCUT2D eigenvalue weighted by molar-refractivity contribution is 7.92. The Hall–Kier alpha value is -3.65. The van der Waals surface area contributed by atoms with Gasteiger partial charge in [-0.1, -0.05) is 54.6 Å². The summed E-state index contributed by atoms with van der Waals surface area (Å²) in [7, 11) is -2.31. The van der Waals surface area contributed by atoms with Gasteiger partial charge in [-0.25, -0.2) is 8.42 Å². The van der Waals surface area contributed by atoms with Gasteiger partial charge in [-0.05, 0) is 42.3 Å². The van der Waals surface area contributed by atoms with Crippen molar-refractivity contribution >= 4 is 33.2 Å². The Morgan fingerprint density at radius 1 is 1.00 bits per heavy atom. The zero-order chi connectivity index (χ0) is 24.1. The SMILES string of the molecule is CN(c1ccccc1)S(=O)(=O)c1cccc(NC(=O)C2CC(=O)N(CCc3ccccc3)C2)c1. The van der Waals surface area contributed by atoms with Gasteiger partial charge in [0.25, 0.3) is 10.0 Å². The van der Waals surface area contributed by atoms with Gasteiger partial charge in [0.15, 0.2) is 0 Å². The van der Waals surface area contributed by atoms with Crippen LogP contribution in [0.2, 0.25) is 0 Å². The maximum Gasteiger partial charge on any atom is 0.264 e. The first kappa shape index (κ1) is 23.5. The smallest absolute Gasteiger partial charge is 0.264 e. The van der Waals surface area contributed by atoms with Crippen molar-refractivity contribution in [3.63, 3.8) is 0 Å². The molecule has 0 aliphatic carbocycles. The monoisotopic (exact) mass is 477 g/mol. The Bertz CT molecular complexity index is 1260. The number of para-hydroxylation sites is 1. The third-order valence-electron chi connectivity index (χ3n) is 5.98. The molecule has 0 saturated carbocycles. The number of hydrogen-bond acceptors (Lipinski definition) is 4. The van der Waals surface area contributed by atoms with E-state index in [-0.39, 0.29) is 23.1 Å². The maximum atomic E-state index is 13.1. The Labute approximate surface area is 200 Å². The van der Waals surface area contributed by atoms with E-state index in [1.807, 2.05) is 36.4 Å². The van der Waals surface area contributed by atoms with Crippen LogP contribution < -0.4 is 9.62 Å². The molecule has 7 nitrogen and oxygen atoms in total. The van der Waals surface area contributed by atoms with E-state index in [1.54, 1.807) is 41.3 Å². The second-order valence-corrected chi connectivity index (χ2v) is 10.3. The van der Waals surface area contributed by atoms with Crippen LogP contribution >= 0.6 is 0 Å². The van der Waals surface area contributed by atoms with E-state index in [2.05, 4.69) is 5.32 Å². The van der Waals surface area contributed by atoms with Crippen LogP contribution in [-0.4, -0.2) is 45.3 Å². The summed E-state index contributed by atoms with van der Waals surface area (Å²) in [5.74, 6) is -0.811. The lowest BCUT2D eigenvalue weighted by Crippen LogP contribution is -2.30. The molecule has 1 unspecified atom stereocenters. The molecule has 176 valence electrons. The van der Waals surface area contributed by atoms with Crippen LogP contribution in [0.1, 0.15) is 12.0 Å². The van der Waals surface area contributed by atoms with Gasteiger partial charge >= 0.3 is 0 Å². The predicted octanol–water partition coefficient (Wildman–Crippen LogP) is 3.54.